The third-order valence-corrected chi connectivity index (χ3v) is 5.03. The lowest BCUT2D eigenvalue weighted by Gasteiger charge is -2.18. The van der Waals surface area contributed by atoms with E-state index in [9.17, 15) is 14.3 Å². The van der Waals surface area contributed by atoms with Crippen LogP contribution in [-0.4, -0.2) is 35.1 Å². The van der Waals surface area contributed by atoms with Gasteiger partial charge in [0.05, 0.1) is 6.10 Å². The van der Waals surface area contributed by atoms with Crippen molar-refractivity contribution >= 4 is 17.5 Å². The summed E-state index contributed by atoms with van der Waals surface area (Å²) in [7, 11) is 0. The van der Waals surface area contributed by atoms with E-state index in [1.165, 1.54) is 6.07 Å². The summed E-state index contributed by atoms with van der Waals surface area (Å²) in [5.41, 5.74) is 0.476. The fourth-order valence-electron chi connectivity index (χ4n) is 3.27. The van der Waals surface area contributed by atoms with Crippen LogP contribution in [0.5, 0.6) is 0 Å². The van der Waals surface area contributed by atoms with Crippen LogP contribution in [0.4, 0.5) is 4.39 Å². The summed E-state index contributed by atoms with van der Waals surface area (Å²) >= 11 is 6.06. The van der Waals surface area contributed by atoms with Crippen molar-refractivity contribution in [3.63, 3.8) is 0 Å². The van der Waals surface area contributed by atoms with Crippen LogP contribution in [0.25, 0.3) is 0 Å². The zero-order valence-corrected chi connectivity index (χ0v) is 12.7. The molecule has 3 nitrogen and oxygen atoms in total. The summed E-state index contributed by atoms with van der Waals surface area (Å²) < 4.78 is 13.9. The molecule has 4 unspecified atom stereocenters. The van der Waals surface area contributed by atoms with Gasteiger partial charge in [-0.15, -0.1) is 0 Å². The van der Waals surface area contributed by atoms with E-state index in [1.54, 1.807) is 24.0 Å². The molecule has 1 saturated carbocycles. The molecule has 1 aliphatic heterocycles. The highest BCUT2D eigenvalue weighted by Crippen LogP contribution is 2.51. The molecule has 0 aromatic heterocycles. The van der Waals surface area contributed by atoms with Gasteiger partial charge in [0.2, 0.25) is 5.91 Å². The van der Waals surface area contributed by atoms with Gasteiger partial charge in [0.15, 0.2) is 0 Å². The van der Waals surface area contributed by atoms with Crippen LogP contribution in [0.1, 0.15) is 31.2 Å². The Morgan fingerprint density at radius 1 is 1.52 bits per heavy atom. The number of rotatable bonds is 3. The lowest BCUT2D eigenvalue weighted by molar-refractivity contribution is -0.131. The molecular weight excluding hydrogens is 293 g/mol. The topological polar surface area (TPSA) is 40.5 Å². The Balaban J connectivity index is 1.67. The van der Waals surface area contributed by atoms with E-state index in [1.807, 2.05) is 0 Å². The Kier molecular flexibility index (Phi) is 3.93. The van der Waals surface area contributed by atoms with Crippen LogP contribution in [-0.2, 0) is 4.79 Å². The number of carbonyl (C=O) groups excluding carboxylic acids is 1. The van der Waals surface area contributed by atoms with Crippen molar-refractivity contribution in [3.05, 3.63) is 34.6 Å². The number of amides is 1. The molecule has 114 valence electrons. The number of aliphatic hydroxyl groups excluding tert-OH is 1. The number of likely N-dealkylation sites (tertiary alicyclic amines) is 1. The summed E-state index contributed by atoms with van der Waals surface area (Å²) in [5, 5.41) is 10.0. The summed E-state index contributed by atoms with van der Waals surface area (Å²) in [6.07, 6.45) is 1.11. The molecule has 21 heavy (non-hydrogen) atoms. The lowest BCUT2D eigenvalue weighted by atomic mass is 10.0. The summed E-state index contributed by atoms with van der Waals surface area (Å²) in [4.78, 5) is 14.3. The second-order valence-electron chi connectivity index (χ2n) is 6.16. The van der Waals surface area contributed by atoms with Crippen LogP contribution in [0.15, 0.2) is 18.2 Å². The molecule has 1 amide bonds. The Morgan fingerprint density at radius 3 is 2.90 bits per heavy atom. The fraction of sp³-hybridized carbons (Fsp3) is 0.562. The standard InChI is InChI=1S/C16H19ClFNO2/c1-9(20)10-5-6-19(8-10)16(21)12-7-11(12)15-13(17)3-2-4-14(15)18/h2-4,9-12,20H,5-8H2,1H3. The molecule has 4 atom stereocenters. The summed E-state index contributed by atoms with van der Waals surface area (Å²) in [6.45, 7) is 3.05. The Labute approximate surface area is 128 Å². The molecule has 1 heterocycles. The predicted octanol–water partition coefficient (Wildman–Crippen LogP) is 2.81. The molecule has 2 fully saturated rings. The van der Waals surface area contributed by atoms with Gasteiger partial charge in [-0.2, -0.15) is 0 Å². The zero-order chi connectivity index (χ0) is 15.1. The maximum Gasteiger partial charge on any atom is 0.226 e. The molecule has 0 radical (unpaired) electrons. The molecule has 1 aliphatic carbocycles. The lowest BCUT2D eigenvalue weighted by Crippen LogP contribution is -2.31. The summed E-state index contributed by atoms with van der Waals surface area (Å²) in [6, 6.07) is 4.63. The van der Waals surface area contributed by atoms with Gasteiger partial charge in [-0.3, -0.25) is 4.79 Å². The van der Waals surface area contributed by atoms with E-state index in [4.69, 9.17) is 11.6 Å². The minimum atomic E-state index is -0.390. The normalized spacial score (nSPS) is 29.5. The van der Waals surface area contributed by atoms with Gasteiger partial charge in [-0.1, -0.05) is 17.7 Å². The quantitative estimate of drug-likeness (QED) is 0.932. The smallest absolute Gasteiger partial charge is 0.226 e. The Morgan fingerprint density at radius 2 is 2.29 bits per heavy atom. The van der Waals surface area contributed by atoms with Crippen molar-refractivity contribution in [2.45, 2.75) is 31.8 Å². The minimum absolute atomic E-state index is 0.0717. The van der Waals surface area contributed by atoms with Gasteiger partial charge in [-0.05, 0) is 31.9 Å². The zero-order valence-electron chi connectivity index (χ0n) is 11.9. The van der Waals surface area contributed by atoms with Gasteiger partial charge in [0.1, 0.15) is 5.82 Å². The molecule has 1 saturated heterocycles. The second kappa shape index (κ2) is 5.58. The molecular formula is C16H19ClFNO2. The SMILES string of the molecule is CC(O)C1CCN(C(=O)C2CC2c2c(F)cccc2Cl)C1. The second-order valence-corrected chi connectivity index (χ2v) is 6.56. The highest BCUT2D eigenvalue weighted by Gasteiger charge is 2.48. The fourth-order valence-corrected chi connectivity index (χ4v) is 3.57. The first-order valence-corrected chi connectivity index (χ1v) is 7.77. The van der Waals surface area contributed by atoms with Gasteiger partial charge in [0, 0.05) is 41.4 Å². The molecule has 5 heteroatoms. The Hall–Kier alpha value is -1.13. The first kappa shape index (κ1) is 14.8. The van der Waals surface area contributed by atoms with Crippen molar-refractivity contribution < 1.29 is 14.3 Å². The van der Waals surface area contributed by atoms with Gasteiger partial charge in [0.25, 0.3) is 0 Å². The molecule has 1 N–H and O–H groups in total. The monoisotopic (exact) mass is 311 g/mol. The molecule has 1 aromatic carbocycles. The number of hydrogen-bond acceptors (Lipinski definition) is 2. The van der Waals surface area contributed by atoms with E-state index in [0.717, 1.165) is 6.42 Å². The highest BCUT2D eigenvalue weighted by atomic mass is 35.5. The van der Waals surface area contributed by atoms with Crippen molar-refractivity contribution in [1.29, 1.82) is 0 Å². The average molecular weight is 312 g/mol. The maximum absolute atomic E-state index is 13.9. The van der Waals surface area contributed by atoms with Crippen LogP contribution < -0.4 is 0 Å². The molecule has 2 aliphatic rings. The minimum Gasteiger partial charge on any atom is -0.393 e. The predicted molar refractivity (Wildman–Crippen MR) is 78.6 cm³/mol. The van der Waals surface area contributed by atoms with Gasteiger partial charge in [-0.25, -0.2) is 4.39 Å². The van der Waals surface area contributed by atoms with E-state index < -0.39 is 0 Å². The third-order valence-electron chi connectivity index (χ3n) is 4.70. The van der Waals surface area contributed by atoms with E-state index in [-0.39, 0.29) is 35.6 Å². The average Bonchev–Trinajstić information content (AvgIpc) is 3.03. The Bertz CT molecular complexity index is 543. The van der Waals surface area contributed by atoms with Crippen molar-refractivity contribution in [2.75, 3.05) is 13.1 Å². The van der Waals surface area contributed by atoms with E-state index in [2.05, 4.69) is 0 Å². The van der Waals surface area contributed by atoms with Crippen LogP contribution in [0.2, 0.25) is 5.02 Å². The van der Waals surface area contributed by atoms with Crippen molar-refractivity contribution in [2.24, 2.45) is 11.8 Å². The van der Waals surface area contributed by atoms with Crippen molar-refractivity contribution in [1.82, 2.24) is 4.90 Å². The maximum atomic E-state index is 13.9. The molecule has 0 bridgehead atoms. The number of nitrogens with zero attached hydrogens (tertiary/aromatic N) is 1. The van der Waals surface area contributed by atoms with Gasteiger partial charge >= 0.3 is 0 Å². The van der Waals surface area contributed by atoms with Gasteiger partial charge < -0.3 is 10.0 Å². The first-order chi connectivity index (χ1) is 9.99. The molecule has 0 spiro atoms. The number of aliphatic hydroxyl groups is 1. The first-order valence-electron chi connectivity index (χ1n) is 7.39. The van der Waals surface area contributed by atoms with Crippen molar-refractivity contribution in [3.8, 4) is 0 Å². The number of benzene rings is 1. The number of hydrogen-bond donors (Lipinski definition) is 1. The van der Waals surface area contributed by atoms with Crippen LogP contribution in [0, 0.1) is 17.7 Å². The van der Waals surface area contributed by atoms with E-state index in [0.29, 0.717) is 30.1 Å². The van der Waals surface area contributed by atoms with E-state index >= 15 is 0 Å². The highest BCUT2D eigenvalue weighted by molar-refractivity contribution is 6.31. The van der Waals surface area contributed by atoms with Crippen LogP contribution >= 0.6 is 11.6 Å². The van der Waals surface area contributed by atoms with Crippen LogP contribution in [0.3, 0.4) is 0 Å². The third kappa shape index (κ3) is 2.79. The number of carbonyl (C=O) groups is 1. The number of halogens is 2. The largest absolute Gasteiger partial charge is 0.393 e. The summed E-state index contributed by atoms with van der Waals surface area (Å²) in [5.74, 6) is -0.360. The molecule has 3 rings (SSSR count). The molecule has 1 aromatic rings.